The Kier molecular flexibility index (Phi) is 5.93. The second-order valence-corrected chi connectivity index (χ2v) is 6.39. The number of rotatable bonds is 7. The molecule has 0 fully saturated rings. The lowest BCUT2D eigenvalue weighted by atomic mass is 10.1. The van der Waals surface area contributed by atoms with Crippen molar-refractivity contribution in [2.24, 2.45) is 0 Å². The summed E-state index contributed by atoms with van der Waals surface area (Å²) in [7, 11) is 0. The number of nitrogens with one attached hydrogen (secondary N) is 2. The second kappa shape index (κ2) is 8.56. The summed E-state index contributed by atoms with van der Waals surface area (Å²) in [5.74, 6) is 0.248. The molecular formula is C21H23N3O4. The molecule has 146 valence electrons. The molecule has 0 aliphatic carbocycles. The van der Waals surface area contributed by atoms with E-state index in [2.05, 4.69) is 17.2 Å². The van der Waals surface area contributed by atoms with Crippen molar-refractivity contribution >= 4 is 22.5 Å². The van der Waals surface area contributed by atoms with Gasteiger partial charge in [-0.05, 0) is 43.7 Å². The molecule has 2 aromatic carbocycles. The first-order valence-corrected chi connectivity index (χ1v) is 9.35. The van der Waals surface area contributed by atoms with Crippen molar-refractivity contribution in [3.05, 3.63) is 68.9 Å². The van der Waals surface area contributed by atoms with Gasteiger partial charge < -0.3 is 15.0 Å². The molecule has 3 rings (SSSR count). The van der Waals surface area contributed by atoms with Gasteiger partial charge in [-0.15, -0.1) is 0 Å². The van der Waals surface area contributed by atoms with Crippen molar-refractivity contribution in [1.29, 1.82) is 0 Å². The van der Waals surface area contributed by atoms with Gasteiger partial charge in [-0.1, -0.05) is 25.5 Å². The average molecular weight is 381 g/mol. The Balaban J connectivity index is 1.89. The van der Waals surface area contributed by atoms with E-state index in [1.165, 1.54) is 6.07 Å². The summed E-state index contributed by atoms with van der Waals surface area (Å²) in [6.45, 7) is 4.66. The van der Waals surface area contributed by atoms with Gasteiger partial charge in [-0.2, -0.15) is 0 Å². The first-order chi connectivity index (χ1) is 13.5. The summed E-state index contributed by atoms with van der Waals surface area (Å²) in [6, 6.07) is 11.9. The standard InChI is InChI=1S/C21H23N3O4/c1-3-5-12-28-18-9-7-6-8-16(18)22-19(25)14-10-11-15-17(13-14)23-21(27)24(4-2)20(15)26/h6-11,13H,3-5,12H2,1-2H3,(H,22,25)(H,23,27). The number of hydrogen-bond acceptors (Lipinski definition) is 4. The molecule has 0 aliphatic rings. The zero-order chi connectivity index (χ0) is 20.1. The number of nitrogens with zero attached hydrogens (tertiary/aromatic N) is 1. The molecule has 0 atom stereocenters. The molecule has 3 aromatic rings. The minimum Gasteiger partial charge on any atom is -0.491 e. The Bertz CT molecular complexity index is 1110. The molecule has 1 aromatic heterocycles. The number of aromatic nitrogens is 2. The van der Waals surface area contributed by atoms with Gasteiger partial charge in [0.15, 0.2) is 0 Å². The van der Waals surface area contributed by atoms with Gasteiger partial charge in [0.2, 0.25) is 0 Å². The number of carbonyl (C=O) groups is 1. The minimum absolute atomic E-state index is 0.279. The molecule has 1 amide bonds. The molecule has 0 aliphatic heterocycles. The fraction of sp³-hybridized carbons (Fsp3) is 0.286. The Morgan fingerprint density at radius 1 is 1.14 bits per heavy atom. The van der Waals surface area contributed by atoms with Gasteiger partial charge in [0.25, 0.3) is 11.5 Å². The molecular weight excluding hydrogens is 358 g/mol. The number of para-hydroxylation sites is 2. The van der Waals surface area contributed by atoms with Gasteiger partial charge in [0.05, 0.1) is 23.2 Å². The van der Waals surface area contributed by atoms with Crippen LogP contribution in [0.15, 0.2) is 52.1 Å². The molecule has 1 heterocycles. The monoisotopic (exact) mass is 381 g/mol. The number of ether oxygens (including phenoxy) is 1. The maximum Gasteiger partial charge on any atom is 0.328 e. The van der Waals surface area contributed by atoms with Gasteiger partial charge in [-0.3, -0.25) is 14.2 Å². The van der Waals surface area contributed by atoms with E-state index in [0.29, 0.717) is 34.5 Å². The van der Waals surface area contributed by atoms with E-state index >= 15 is 0 Å². The fourth-order valence-electron chi connectivity index (χ4n) is 2.90. The largest absolute Gasteiger partial charge is 0.491 e. The van der Waals surface area contributed by atoms with Crippen molar-refractivity contribution in [3.63, 3.8) is 0 Å². The van der Waals surface area contributed by atoms with Crippen molar-refractivity contribution in [2.75, 3.05) is 11.9 Å². The van der Waals surface area contributed by atoms with Crippen molar-refractivity contribution in [3.8, 4) is 5.75 Å². The molecule has 0 unspecified atom stereocenters. The van der Waals surface area contributed by atoms with Gasteiger partial charge in [0, 0.05) is 12.1 Å². The van der Waals surface area contributed by atoms with Crippen LogP contribution in [-0.2, 0) is 6.54 Å². The number of anilines is 1. The van der Waals surface area contributed by atoms with Gasteiger partial charge >= 0.3 is 5.69 Å². The number of aromatic amines is 1. The van der Waals surface area contributed by atoms with Crippen LogP contribution in [0.4, 0.5) is 5.69 Å². The highest BCUT2D eigenvalue weighted by atomic mass is 16.5. The Morgan fingerprint density at radius 3 is 2.68 bits per heavy atom. The summed E-state index contributed by atoms with van der Waals surface area (Å²) in [5, 5.41) is 3.19. The molecule has 28 heavy (non-hydrogen) atoms. The lowest BCUT2D eigenvalue weighted by Crippen LogP contribution is -2.34. The highest BCUT2D eigenvalue weighted by Gasteiger charge is 2.13. The van der Waals surface area contributed by atoms with Crippen LogP contribution in [0.25, 0.3) is 10.9 Å². The van der Waals surface area contributed by atoms with Crippen LogP contribution in [0.1, 0.15) is 37.0 Å². The first kappa shape index (κ1) is 19.4. The van der Waals surface area contributed by atoms with Gasteiger partial charge in [0.1, 0.15) is 5.75 Å². The van der Waals surface area contributed by atoms with E-state index in [9.17, 15) is 14.4 Å². The average Bonchev–Trinajstić information content (AvgIpc) is 2.69. The van der Waals surface area contributed by atoms with Crippen LogP contribution in [-0.4, -0.2) is 22.1 Å². The topological polar surface area (TPSA) is 93.2 Å². The van der Waals surface area contributed by atoms with Crippen LogP contribution in [0.5, 0.6) is 5.75 Å². The lowest BCUT2D eigenvalue weighted by Gasteiger charge is -2.12. The number of unbranched alkanes of at least 4 members (excludes halogenated alkanes) is 1. The Morgan fingerprint density at radius 2 is 1.93 bits per heavy atom. The smallest absolute Gasteiger partial charge is 0.328 e. The van der Waals surface area contributed by atoms with Crippen molar-refractivity contribution < 1.29 is 9.53 Å². The van der Waals surface area contributed by atoms with E-state index in [-0.39, 0.29) is 18.0 Å². The summed E-state index contributed by atoms with van der Waals surface area (Å²) < 4.78 is 6.85. The van der Waals surface area contributed by atoms with Crippen molar-refractivity contribution in [2.45, 2.75) is 33.2 Å². The SMILES string of the molecule is CCCCOc1ccccc1NC(=O)c1ccc2c(=O)n(CC)c(=O)[nH]c2c1. The Labute approximate surface area is 162 Å². The summed E-state index contributed by atoms with van der Waals surface area (Å²) in [5.41, 5.74) is 0.369. The van der Waals surface area contributed by atoms with Crippen LogP contribution < -0.4 is 21.3 Å². The minimum atomic E-state index is -0.493. The quantitative estimate of drug-likeness (QED) is 0.615. The van der Waals surface area contributed by atoms with Crippen molar-refractivity contribution in [1.82, 2.24) is 9.55 Å². The summed E-state index contributed by atoms with van der Waals surface area (Å²) in [4.78, 5) is 39.7. The number of amides is 1. The molecule has 0 saturated heterocycles. The van der Waals surface area contributed by atoms with E-state index in [0.717, 1.165) is 17.4 Å². The van der Waals surface area contributed by atoms with E-state index in [1.54, 1.807) is 31.2 Å². The number of fused-ring (bicyclic) bond motifs is 1. The third-order valence-electron chi connectivity index (χ3n) is 4.45. The van der Waals surface area contributed by atoms with E-state index in [4.69, 9.17) is 4.74 Å². The molecule has 0 radical (unpaired) electrons. The number of H-pyrrole nitrogens is 1. The van der Waals surface area contributed by atoms with E-state index < -0.39 is 5.69 Å². The molecule has 0 saturated carbocycles. The third kappa shape index (κ3) is 3.98. The zero-order valence-electron chi connectivity index (χ0n) is 16.0. The van der Waals surface area contributed by atoms with Crippen LogP contribution in [0.2, 0.25) is 0 Å². The lowest BCUT2D eigenvalue weighted by molar-refractivity contribution is 0.102. The molecule has 7 heteroatoms. The molecule has 7 nitrogen and oxygen atoms in total. The molecule has 0 bridgehead atoms. The normalized spacial score (nSPS) is 10.8. The Hall–Kier alpha value is -3.35. The maximum atomic E-state index is 12.7. The van der Waals surface area contributed by atoms with Crippen LogP contribution in [0.3, 0.4) is 0 Å². The highest BCUT2D eigenvalue weighted by molar-refractivity contribution is 6.06. The number of benzene rings is 2. The predicted molar refractivity (Wildman–Crippen MR) is 109 cm³/mol. The fourth-order valence-corrected chi connectivity index (χ4v) is 2.90. The third-order valence-corrected chi connectivity index (χ3v) is 4.45. The second-order valence-electron chi connectivity index (χ2n) is 6.39. The van der Waals surface area contributed by atoms with E-state index in [1.807, 2.05) is 12.1 Å². The van der Waals surface area contributed by atoms with Gasteiger partial charge in [-0.25, -0.2) is 4.79 Å². The molecule has 0 spiro atoms. The summed E-state index contributed by atoms with van der Waals surface area (Å²) in [6.07, 6.45) is 1.94. The van der Waals surface area contributed by atoms with Crippen LogP contribution in [0, 0.1) is 0 Å². The molecule has 2 N–H and O–H groups in total. The number of hydrogen-bond donors (Lipinski definition) is 2. The predicted octanol–water partition coefficient (Wildman–Crippen LogP) is 3.14. The highest BCUT2D eigenvalue weighted by Crippen LogP contribution is 2.25. The summed E-state index contributed by atoms with van der Waals surface area (Å²) >= 11 is 0. The maximum absolute atomic E-state index is 12.7. The first-order valence-electron chi connectivity index (χ1n) is 9.35. The van der Waals surface area contributed by atoms with Crippen LogP contribution >= 0.6 is 0 Å². The zero-order valence-corrected chi connectivity index (χ0v) is 16.0. The number of carbonyl (C=O) groups excluding carboxylic acids is 1.